The zero-order chi connectivity index (χ0) is 11.5. The van der Waals surface area contributed by atoms with Gasteiger partial charge in [-0.1, -0.05) is 25.1 Å². The SMILES string of the molecule is CCc1cccc(C)c1Nc1nccn1C. The summed E-state index contributed by atoms with van der Waals surface area (Å²) in [6.07, 6.45) is 4.76. The number of nitrogens with one attached hydrogen (secondary N) is 1. The first-order valence-electron chi connectivity index (χ1n) is 5.55. The molecule has 0 atom stereocenters. The second-order valence-corrected chi connectivity index (χ2v) is 3.95. The molecular weight excluding hydrogens is 198 g/mol. The highest BCUT2D eigenvalue weighted by molar-refractivity contribution is 5.63. The average Bonchev–Trinajstić information content (AvgIpc) is 2.67. The predicted octanol–water partition coefficient (Wildman–Crippen LogP) is 3.03. The minimum Gasteiger partial charge on any atom is -0.325 e. The minimum absolute atomic E-state index is 0.879. The van der Waals surface area contributed by atoms with Crippen LogP contribution in [0.2, 0.25) is 0 Å². The fourth-order valence-electron chi connectivity index (χ4n) is 1.80. The highest BCUT2D eigenvalue weighted by atomic mass is 15.2. The minimum atomic E-state index is 0.879. The monoisotopic (exact) mass is 215 g/mol. The van der Waals surface area contributed by atoms with Gasteiger partial charge in [-0.3, -0.25) is 0 Å². The number of hydrogen-bond acceptors (Lipinski definition) is 2. The van der Waals surface area contributed by atoms with Crippen LogP contribution in [0.5, 0.6) is 0 Å². The molecule has 0 unspecified atom stereocenters. The molecule has 0 spiro atoms. The fraction of sp³-hybridized carbons (Fsp3) is 0.308. The van der Waals surface area contributed by atoms with Crippen molar-refractivity contribution in [3.63, 3.8) is 0 Å². The molecule has 0 aliphatic rings. The van der Waals surface area contributed by atoms with E-state index >= 15 is 0 Å². The van der Waals surface area contributed by atoms with E-state index < -0.39 is 0 Å². The van der Waals surface area contributed by atoms with Crippen LogP contribution in [0.4, 0.5) is 11.6 Å². The predicted molar refractivity (Wildman–Crippen MR) is 67.0 cm³/mol. The van der Waals surface area contributed by atoms with E-state index in [-0.39, 0.29) is 0 Å². The maximum Gasteiger partial charge on any atom is 0.207 e. The third-order valence-electron chi connectivity index (χ3n) is 2.80. The summed E-state index contributed by atoms with van der Waals surface area (Å²) in [5.41, 5.74) is 3.75. The average molecular weight is 215 g/mol. The highest BCUT2D eigenvalue weighted by Gasteiger charge is 2.06. The Kier molecular flexibility index (Phi) is 2.95. The van der Waals surface area contributed by atoms with Gasteiger partial charge < -0.3 is 9.88 Å². The largest absolute Gasteiger partial charge is 0.325 e. The first-order chi connectivity index (χ1) is 7.72. The van der Waals surface area contributed by atoms with Gasteiger partial charge in [0, 0.05) is 25.1 Å². The maximum absolute atomic E-state index is 4.28. The van der Waals surface area contributed by atoms with Gasteiger partial charge in [0.15, 0.2) is 0 Å². The first-order valence-corrected chi connectivity index (χ1v) is 5.55. The van der Waals surface area contributed by atoms with Crippen LogP contribution in [0.15, 0.2) is 30.6 Å². The summed E-state index contributed by atoms with van der Waals surface area (Å²) in [7, 11) is 1.99. The van der Waals surface area contributed by atoms with Crippen LogP contribution in [-0.2, 0) is 13.5 Å². The molecular formula is C13H17N3. The number of benzene rings is 1. The molecule has 2 rings (SSSR count). The molecule has 3 heteroatoms. The second-order valence-electron chi connectivity index (χ2n) is 3.95. The number of anilines is 2. The molecule has 0 bridgehead atoms. The van der Waals surface area contributed by atoms with Crippen molar-refractivity contribution < 1.29 is 0 Å². The zero-order valence-electron chi connectivity index (χ0n) is 9.99. The third-order valence-corrected chi connectivity index (χ3v) is 2.80. The van der Waals surface area contributed by atoms with Gasteiger partial charge in [0.2, 0.25) is 5.95 Å². The molecule has 0 saturated heterocycles. The molecule has 1 aromatic heterocycles. The summed E-state index contributed by atoms with van der Waals surface area (Å²) in [5, 5.41) is 3.39. The maximum atomic E-state index is 4.28. The Morgan fingerprint density at radius 3 is 2.81 bits per heavy atom. The molecule has 0 saturated carbocycles. The molecule has 3 nitrogen and oxygen atoms in total. The van der Waals surface area contributed by atoms with Gasteiger partial charge in [-0.25, -0.2) is 4.98 Å². The number of aromatic nitrogens is 2. The van der Waals surface area contributed by atoms with Gasteiger partial charge in [0.05, 0.1) is 0 Å². The lowest BCUT2D eigenvalue weighted by molar-refractivity contribution is 0.922. The molecule has 0 amide bonds. The van der Waals surface area contributed by atoms with Gasteiger partial charge in [-0.15, -0.1) is 0 Å². The molecule has 0 radical (unpaired) electrons. The smallest absolute Gasteiger partial charge is 0.207 e. The zero-order valence-corrected chi connectivity index (χ0v) is 9.99. The van der Waals surface area contributed by atoms with Gasteiger partial charge >= 0.3 is 0 Å². The molecule has 84 valence electrons. The van der Waals surface area contributed by atoms with Crippen LogP contribution in [-0.4, -0.2) is 9.55 Å². The van der Waals surface area contributed by atoms with Crippen LogP contribution >= 0.6 is 0 Å². The van der Waals surface area contributed by atoms with Crippen molar-refractivity contribution >= 4 is 11.6 Å². The Morgan fingerprint density at radius 1 is 1.38 bits per heavy atom. The molecule has 16 heavy (non-hydrogen) atoms. The van der Waals surface area contributed by atoms with Crippen LogP contribution in [0.1, 0.15) is 18.1 Å². The fourth-order valence-corrected chi connectivity index (χ4v) is 1.80. The molecule has 1 aromatic carbocycles. The van der Waals surface area contributed by atoms with Crippen molar-refractivity contribution in [3.05, 3.63) is 41.7 Å². The van der Waals surface area contributed by atoms with Crippen LogP contribution in [0, 0.1) is 6.92 Å². The van der Waals surface area contributed by atoms with Gasteiger partial charge in [0.25, 0.3) is 0 Å². The highest BCUT2D eigenvalue weighted by Crippen LogP contribution is 2.24. The molecule has 0 fully saturated rings. The van der Waals surface area contributed by atoms with E-state index in [4.69, 9.17) is 0 Å². The normalized spacial score (nSPS) is 10.4. The van der Waals surface area contributed by atoms with E-state index in [0.29, 0.717) is 0 Å². The molecule has 0 aliphatic heterocycles. The van der Waals surface area contributed by atoms with Crippen LogP contribution in [0.25, 0.3) is 0 Å². The Labute approximate surface area is 96.1 Å². The standard InChI is InChI=1S/C13H17N3/c1-4-11-7-5-6-10(2)12(11)15-13-14-8-9-16(13)3/h5-9H,4H2,1-3H3,(H,14,15). The van der Waals surface area contributed by atoms with E-state index in [1.165, 1.54) is 16.8 Å². The Balaban J connectivity index is 2.37. The lowest BCUT2D eigenvalue weighted by atomic mass is 10.1. The summed E-state index contributed by atoms with van der Waals surface area (Å²) >= 11 is 0. The molecule has 1 N–H and O–H groups in total. The molecule has 1 heterocycles. The number of para-hydroxylation sites is 1. The number of aryl methyl sites for hydroxylation is 3. The van der Waals surface area contributed by atoms with E-state index in [0.717, 1.165) is 12.4 Å². The Hall–Kier alpha value is -1.77. The lowest BCUT2D eigenvalue weighted by Gasteiger charge is -2.13. The summed E-state index contributed by atoms with van der Waals surface area (Å²) in [6, 6.07) is 6.36. The van der Waals surface area contributed by atoms with Gasteiger partial charge in [-0.05, 0) is 24.5 Å². The lowest BCUT2D eigenvalue weighted by Crippen LogP contribution is -2.02. The van der Waals surface area contributed by atoms with Gasteiger partial charge in [-0.2, -0.15) is 0 Å². The molecule has 2 aromatic rings. The van der Waals surface area contributed by atoms with Gasteiger partial charge in [0.1, 0.15) is 0 Å². The van der Waals surface area contributed by atoms with Crippen molar-refractivity contribution in [1.29, 1.82) is 0 Å². The van der Waals surface area contributed by atoms with E-state index in [9.17, 15) is 0 Å². The topological polar surface area (TPSA) is 29.9 Å². The van der Waals surface area contributed by atoms with Crippen molar-refractivity contribution in [2.24, 2.45) is 7.05 Å². The Morgan fingerprint density at radius 2 is 2.19 bits per heavy atom. The van der Waals surface area contributed by atoms with Crippen LogP contribution < -0.4 is 5.32 Å². The summed E-state index contributed by atoms with van der Waals surface area (Å²) in [5.74, 6) is 0.879. The summed E-state index contributed by atoms with van der Waals surface area (Å²) in [4.78, 5) is 4.28. The van der Waals surface area contributed by atoms with Crippen molar-refractivity contribution in [3.8, 4) is 0 Å². The Bertz CT molecular complexity index is 486. The molecule has 0 aliphatic carbocycles. The van der Waals surface area contributed by atoms with Crippen molar-refractivity contribution in [2.45, 2.75) is 20.3 Å². The first kappa shape index (κ1) is 10.7. The number of rotatable bonds is 3. The quantitative estimate of drug-likeness (QED) is 0.852. The number of imidazole rings is 1. The van der Waals surface area contributed by atoms with Crippen molar-refractivity contribution in [1.82, 2.24) is 9.55 Å². The van der Waals surface area contributed by atoms with Crippen molar-refractivity contribution in [2.75, 3.05) is 5.32 Å². The third kappa shape index (κ3) is 1.94. The van der Waals surface area contributed by atoms with E-state index in [2.05, 4.69) is 42.3 Å². The van der Waals surface area contributed by atoms with E-state index in [1.54, 1.807) is 6.20 Å². The van der Waals surface area contributed by atoms with E-state index in [1.807, 2.05) is 17.8 Å². The van der Waals surface area contributed by atoms with Crippen LogP contribution in [0.3, 0.4) is 0 Å². The number of nitrogens with zero attached hydrogens (tertiary/aromatic N) is 2. The number of hydrogen-bond donors (Lipinski definition) is 1. The summed E-state index contributed by atoms with van der Waals surface area (Å²) in [6.45, 7) is 4.28. The summed E-state index contributed by atoms with van der Waals surface area (Å²) < 4.78 is 1.98. The second kappa shape index (κ2) is 4.39.